The van der Waals surface area contributed by atoms with Crippen LogP contribution in [0.25, 0.3) is 0 Å². The fourth-order valence-electron chi connectivity index (χ4n) is 2.24. The van der Waals surface area contributed by atoms with E-state index in [0.29, 0.717) is 38.3 Å². The van der Waals surface area contributed by atoms with E-state index in [-0.39, 0.29) is 6.03 Å². The third kappa shape index (κ3) is 2.86. The van der Waals surface area contributed by atoms with Crippen molar-refractivity contribution in [1.29, 1.82) is 0 Å². The van der Waals surface area contributed by atoms with Crippen LogP contribution in [0.2, 0.25) is 0 Å². The number of amides is 2. The number of nitrogens with one attached hydrogen (secondary N) is 2. The van der Waals surface area contributed by atoms with Crippen molar-refractivity contribution < 1.29 is 9.53 Å². The van der Waals surface area contributed by atoms with Crippen LogP contribution in [0.5, 0.6) is 0 Å². The van der Waals surface area contributed by atoms with Crippen LogP contribution in [-0.2, 0) is 4.74 Å². The quantitative estimate of drug-likeness (QED) is 0.664. The number of morpholine rings is 1. The maximum absolute atomic E-state index is 12.0. The number of piperidine rings is 1. The molecule has 0 aromatic heterocycles. The summed E-state index contributed by atoms with van der Waals surface area (Å²) in [7, 11) is 0. The molecule has 2 aliphatic heterocycles. The van der Waals surface area contributed by atoms with Gasteiger partial charge in [0, 0.05) is 19.1 Å². The van der Waals surface area contributed by atoms with Gasteiger partial charge in [-0.15, -0.1) is 0 Å². The van der Waals surface area contributed by atoms with Gasteiger partial charge in [0.05, 0.1) is 13.2 Å². The molecule has 2 amide bonds. The van der Waals surface area contributed by atoms with Crippen molar-refractivity contribution in [3.63, 3.8) is 0 Å². The molecule has 92 valence electrons. The molecule has 0 bridgehead atoms. The van der Waals surface area contributed by atoms with Gasteiger partial charge in [-0.05, 0) is 25.4 Å². The Morgan fingerprint density at radius 2 is 2.19 bits per heavy atom. The first-order valence-corrected chi connectivity index (χ1v) is 6.11. The van der Waals surface area contributed by atoms with Gasteiger partial charge in [-0.25, -0.2) is 4.79 Å². The zero-order chi connectivity index (χ0) is 11.4. The van der Waals surface area contributed by atoms with Gasteiger partial charge in [-0.1, -0.05) is 6.92 Å². The van der Waals surface area contributed by atoms with Crippen LogP contribution in [0.3, 0.4) is 0 Å². The number of rotatable bonds is 1. The molecule has 0 saturated carbocycles. The van der Waals surface area contributed by atoms with E-state index in [2.05, 4.69) is 17.6 Å². The Hall–Kier alpha value is -0.810. The van der Waals surface area contributed by atoms with Crippen molar-refractivity contribution in [3.05, 3.63) is 0 Å². The maximum Gasteiger partial charge on any atom is 0.317 e. The molecule has 2 N–H and O–H groups in total. The number of hydrogen-bond acceptors (Lipinski definition) is 3. The van der Waals surface area contributed by atoms with Gasteiger partial charge in [0.15, 0.2) is 0 Å². The Morgan fingerprint density at radius 3 is 2.88 bits per heavy atom. The first-order chi connectivity index (χ1) is 7.77. The van der Waals surface area contributed by atoms with Crippen LogP contribution in [0.1, 0.15) is 13.3 Å². The summed E-state index contributed by atoms with van der Waals surface area (Å²) < 4.78 is 5.23. The van der Waals surface area contributed by atoms with Gasteiger partial charge in [0.25, 0.3) is 0 Å². The minimum absolute atomic E-state index is 0.0713. The second-order valence-corrected chi connectivity index (χ2v) is 4.63. The summed E-state index contributed by atoms with van der Waals surface area (Å²) >= 11 is 0. The molecule has 2 unspecified atom stereocenters. The van der Waals surface area contributed by atoms with Crippen LogP contribution >= 0.6 is 0 Å². The number of carbonyl (C=O) groups excluding carboxylic acids is 1. The molecule has 2 fully saturated rings. The second-order valence-electron chi connectivity index (χ2n) is 4.63. The summed E-state index contributed by atoms with van der Waals surface area (Å²) in [5.74, 6) is 0.513. The van der Waals surface area contributed by atoms with E-state index in [9.17, 15) is 4.79 Å². The number of urea groups is 1. The Balaban J connectivity index is 1.80. The van der Waals surface area contributed by atoms with Gasteiger partial charge >= 0.3 is 6.03 Å². The molecular weight excluding hydrogens is 206 g/mol. The molecule has 0 radical (unpaired) electrons. The monoisotopic (exact) mass is 227 g/mol. The number of hydrogen-bond donors (Lipinski definition) is 2. The van der Waals surface area contributed by atoms with E-state index in [4.69, 9.17) is 4.74 Å². The standard InChI is InChI=1S/C11H21N3O2/c1-9-8-12-3-2-10(9)13-11(15)14-4-6-16-7-5-14/h9-10,12H,2-8H2,1H3,(H,13,15). The van der Waals surface area contributed by atoms with E-state index in [1.54, 1.807) is 0 Å². The Bertz CT molecular complexity index is 241. The molecule has 0 aromatic rings. The van der Waals surface area contributed by atoms with Crippen molar-refractivity contribution in [2.75, 3.05) is 39.4 Å². The molecule has 5 nitrogen and oxygen atoms in total. The average Bonchev–Trinajstić information content (AvgIpc) is 2.33. The lowest BCUT2D eigenvalue weighted by Crippen LogP contribution is -2.54. The summed E-state index contributed by atoms with van der Waals surface area (Å²) in [6.07, 6.45) is 1.03. The Kier molecular flexibility index (Phi) is 4.01. The lowest BCUT2D eigenvalue weighted by atomic mass is 9.95. The molecule has 5 heteroatoms. The van der Waals surface area contributed by atoms with E-state index in [0.717, 1.165) is 19.5 Å². The smallest absolute Gasteiger partial charge is 0.317 e. The van der Waals surface area contributed by atoms with Gasteiger partial charge in [-0.3, -0.25) is 0 Å². The minimum Gasteiger partial charge on any atom is -0.378 e. The molecule has 0 spiro atoms. The van der Waals surface area contributed by atoms with Crippen LogP contribution in [-0.4, -0.2) is 56.4 Å². The highest BCUT2D eigenvalue weighted by Crippen LogP contribution is 2.11. The normalized spacial score (nSPS) is 31.2. The maximum atomic E-state index is 12.0. The molecule has 2 saturated heterocycles. The zero-order valence-corrected chi connectivity index (χ0v) is 9.87. The topological polar surface area (TPSA) is 53.6 Å². The van der Waals surface area contributed by atoms with Gasteiger partial charge in [-0.2, -0.15) is 0 Å². The van der Waals surface area contributed by atoms with E-state index in [1.807, 2.05) is 4.90 Å². The molecule has 2 rings (SSSR count). The third-order valence-corrected chi connectivity index (χ3v) is 3.39. The molecular formula is C11H21N3O2. The zero-order valence-electron chi connectivity index (χ0n) is 9.87. The van der Waals surface area contributed by atoms with E-state index in [1.165, 1.54) is 0 Å². The highest BCUT2D eigenvalue weighted by Gasteiger charge is 2.25. The van der Waals surface area contributed by atoms with E-state index < -0.39 is 0 Å². The van der Waals surface area contributed by atoms with Crippen LogP contribution in [0.15, 0.2) is 0 Å². The van der Waals surface area contributed by atoms with Crippen molar-refractivity contribution >= 4 is 6.03 Å². The van der Waals surface area contributed by atoms with Crippen LogP contribution < -0.4 is 10.6 Å². The molecule has 0 aromatic carbocycles. The van der Waals surface area contributed by atoms with Gasteiger partial charge in [0.2, 0.25) is 0 Å². The van der Waals surface area contributed by atoms with Crippen LogP contribution in [0.4, 0.5) is 4.79 Å². The SMILES string of the molecule is CC1CNCCC1NC(=O)N1CCOCC1. The fourth-order valence-corrected chi connectivity index (χ4v) is 2.24. The number of nitrogens with zero attached hydrogens (tertiary/aromatic N) is 1. The lowest BCUT2D eigenvalue weighted by Gasteiger charge is -2.33. The van der Waals surface area contributed by atoms with Gasteiger partial charge in [0.1, 0.15) is 0 Å². The Labute approximate surface area is 96.5 Å². The van der Waals surface area contributed by atoms with Crippen molar-refractivity contribution in [1.82, 2.24) is 15.5 Å². The molecule has 2 aliphatic rings. The summed E-state index contributed by atoms with van der Waals surface area (Å²) in [5, 5.41) is 6.46. The largest absolute Gasteiger partial charge is 0.378 e. The second kappa shape index (κ2) is 5.50. The van der Waals surface area contributed by atoms with Crippen LogP contribution in [0, 0.1) is 5.92 Å². The first-order valence-electron chi connectivity index (χ1n) is 6.11. The third-order valence-electron chi connectivity index (χ3n) is 3.39. The Morgan fingerprint density at radius 1 is 1.44 bits per heavy atom. The summed E-state index contributed by atoms with van der Waals surface area (Å²) in [4.78, 5) is 13.8. The van der Waals surface area contributed by atoms with Crippen molar-refractivity contribution in [2.24, 2.45) is 5.92 Å². The molecule has 2 heterocycles. The first kappa shape index (κ1) is 11.7. The predicted molar refractivity (Wildman–Crippen MR) is 61.4 cm³/mol. The average molecular weight is 227 g/mol. The van der Waals surface area contributed by atoms with E-state index >= 15 is 0 Å². The minimum atomic E-state index is 0.0713. The molecule has 2 atom stereocenters. The highest BCUT2D eigenvalue weighted by atomic mass is 16.5. The van der Waals surface area contributed by atoms with Crippen molar-refractivity contribution in [2.45, 2.75) is 19.4 Å². The summed E-state index contributed by atoms with van der Waals surface area (Å²) in [6.45, 7) is 6.92. The summed E-state index contributed by atoms with van der Waals surface area (Å²) in [5.41, 5.74) is 0. The highest BCUT2D eigenvalue weighted by molar-refractivity contribution is 5.74. The fraction of sp³-hybridized carbons (Fsp3) is 0.909. The predicted octanol–water partition coefficient (Wildman–Crippen LogP) is 0.0262. The number of ether oxygens (including phenoxy) is 1. The number of carbonyl (C=O) groups is 1. The molecule has 0 aliphatic carbocycles. The lowest BCUT2D eigenvalue weighted by molar-refractivity contribution is 0.0516. The van der Waals surface area contributed by atoms with Gasteiger partial charge < -0.3 is 20.3 Å². The van der Waals surface area contributed by atoms with Crippen molar-refractivity contribution in [3.8, 4) is 0 Å². The molecule has 16 heavy (non-hydrogen) atoms. The summed E-state index contributed by atoms with van der Waals surface area (Å²) in [6, 6.07) is 0.388.